The van der Waals surface area contributed by atoms with Crippen LogP contribution in [0.15, 0.2) is 48.5 Å². The fourth-order valence-electron chi connectivity index (χ4n) is 4.04. The number of benzene rings is 2. The number of nitrogens with zero attached hydrogens (tertiary/aromatic N) is 1. The summed E-state index contributed by atoms with van der Waals surface area (Å²) >= 11 is 0. The first-order valence-electron chi connectivity index (χ1n) is 11.1. The summed E-state index contributed by atoms with van der Waals surface area (Å²) in [6.45, 7) is 3.51. The fourth-order valence-corrected chi connectivity index (χ4v) is 4.04. The predicted octanol–water partition coefficient (Wildman–Crippen LogP) is 2.55. The molecule has 33 heavy (non-hydrogen) atoms. The highest BCUT2D eigenvalue weighted by Gasteiger charge is 2.34. The van der Waals surface area contributed by atoms with Crippen LogP contribution in [0.2, 0.25) is 0 Å². The topological polar surface area (TPSA) is 87.7 Å². The van der Waals surface area contributed by atoms with Crippen LogP contribution in [-0.2, 0) is 9.53 Å². The highest BCUT2D eigenvalue weighted by molar-refractivity contribution is 5.98. The number of methoxy groups -OCH3 is 1. The molecular weight excluding hydrogens is 425 g/mol. The van der Waals surface area contributed by atoms with Crippen LogP contribution in [0.1, 0.15) is 39.1 Å². The van der Waals surface area contributed by atoms with Gasteiger partial charge in [-0.05, 0) is 49.9 Å². The summed E-state index contributed by atoms with van der Waals surface area (Å²) in [5, 5.41) is 5.48. The van der Waals surface area contributed by atoms with E-state index in [4.69, 9.17) is 4.74 Å². The summed E-state index contributed by atoms with van der Waals surface area (Å²) in [6.07, 6.45) is 1.08. The van der Waals surface area contributed by atoms with Crippen molar-refractivity contribution in [3.05, 3.63) is 71.0 Å². The molecule has 2 aromatic carbocycles. The molecule has 3 amide bonds. The zero-order valence-electron chi connectivity index (χ0n) is 19.0. The van der Waals surface area contributed by atoms with Gasteiger partial charge in [0.25, 0.3) is 11.8 Å². The maximum absolute atomic E-state index is 14.1. The van der Waals surface area contributed by atoms with Gasteiger partial charge in [-0.3, -0.25) is 14.4 Å². The molecule has 0 radical (unpaired) electrons. The molecule has 1 heterocycles. The monoisotopic (exact) mass is 455 g/mol. The van der Waals surface area contributed by atoms with Crippen LogP contribution in [0, 0.1) is 18.7 Å². The summed E-state index contributed by atoms with van der Waals surface area (Å²) in [4.78, 5) is 40.2. The van der Waals surface area contributed by atoms with Gasteiger partial charge in [0.15, 0.2) is 0 Å². The maximum Gasteiger partial charge on any atom is 0.254 e. The molecule has 1 aliphatic rings. The Labute approximate surface area is 193 Å². The summed E-state index contributed by atoms with van der Waals surface area (Å²) in [6, 6.07) is 12.3. The van der Waals surface area contributed by atoms with Gasteiger partial charge in [0.1, 0.15) is 11.9 Å². The van der Waals surface area contributed by atoms with E-state index < -0.39 is 17.8 Å². The summed E-state index contributed by atoms with van der Waals surface area (Å²) in [7, 11) is 1.53. The first kappa shape index (κ1) is 24.4. The molecule has 0 aromatic heterocycles. The number of rotatable bonds is 8. The first-order valence-corrected chi connectivity index (χ1v) is 11.1. The Morgan fingerprint density at radius 1 is 1.12 bits per heavy atom. The van der Waals surface area contributed by atoms with Crippen molar-refractivity contribution in [2.24, 2.45) is 5.92 Å². The molecule has 2 aromatic rings. The molecule has 8 heteroatoms. The SMILES string of the molecule is COCCNC(=O)C(NC(=O)c1ccccc1F)C1CCN(C(=O)c2cccc(C)c2)CC1. The number of hydrogen-bond donors (Lipinski definition) is 2. The number of aryl methyl sites for hydroxylation is 1. The largest absolute Gasteiger partial charge is 0.383 e. The lowest BCUT2D eigenvalue weighted by Crippen LogP contribution is -2.54. The van der Waals surface area contributed by atoms with Gasteiger partial charge < -0.3 is 20.3 Å². The Hall–Kier alpha value is -3.26. The summed E-state index contributed by atoms with van der Waals surface area (Å²) < 4.78 is 19.1. The second kappa shape index (κ2) is 11.6. The number of halogens is 1. The average molecular weight is 456 g/mol. The Kier molecular flexibility index (Phi) is 8.54. The van der Waals surface area contributed by atoms with Crippen LogP contribution in [0.3, 0.4) is 0 Å². The van der Waals surface area contributed by atoms with E-state index >= 15 is 0 Å². The van der Waals surface area contributed by atoms with Crippen molar-refractivity contribution < 1.29 is 23.5 Å². The Balaban J connectivity index is 1.69. The van der Waals surface area contributed by atoms with Crippen LogP contribution >= 0.6 is 0 Å². The lowest BCUT2D eigenvalue weighted by molar-refractivity contribution is -0.124. The minimum atomic E-state index is -0.842. The maximum atomic E-state index is 14.1. The minimum absolute atomic E-state index is 0.0476. The van der Waals surface area contributed by atoms with Crippen molar-refractivity contribution in [2.75, 3.05) is 33.4 Å². The first-order chi connectivity index (χ1) is 15.9. The van der Waals surface area contributed by atoms with Gasteiger partial charge in [0, 0.05) is 32.3 Å². The van der Waals surface area contributed by atoms with E-state index in [1.54, 1.807) is 17.0 Å². The van der Waals surface area contributed by atoms with Crippen molar-refractivity contribution in [1.29, 1.82) is 0 Å². The van der Waals surface area contributed by atoms with Crippen LogP contribution in [0.5, 0.6) is 0 Å². The van der Waals surface area contributed by atoms with Crippen LogP contribution in [0.25, 0.3) is 0 Å². The number of likely N-dealkylation sites (tertiary alicyclic amines) is 1. The molecular formula is C25H30FN3O4. The van der Waals surface area contributed by atoms with E-state index in [0.717, 1.165) is 5.56 Å². The molecule has 1 fully saturated rings. The fraction of sp³-hybridized carbons (Fsp3) is 0.400. The third-order valence-corrected chi connectivity index (χ3v) is 5.86. The standard InChI is InChI=1S/C25H30FN3O4/c1-17-6-5-7-19(16-17)25(32)29-13-10-18(11-14-29)22(24(31)27-12-15-33-2)28-23(30)20-8-3-4-9-21(20)26/h3-9,16,18,22H,10-15H2,1-2H3,(H,27,31)(H,28,30). The van der Waals surface area contributed by atoms with Crippen molar-refractivity contribution >= 4 is 17.7 Å². The van der Waals surface area contributed by atoms with Crippen LogP contribution in [-0.4, -0.2) is 62.0 Å². The van der Waals surface area contributed by atoms with Gasteiger partial charge in [0.05, 0.1) is 12.2 Å². The average Bonchev–Trinajstić information content (AvgIpc) is 2.82. The normalized spacial score (nSPS) is 15.1. The second-order valence-corrected chi connectivity index (χ2v) is 8.21. The van der Waals surface area contributed by atoms with Crippen molar-refractivity contribution in [1.82, 2.24) is 15.5 Å². The number of nitrogens with one attached hydrogen (secondary N) is 2. The zero-order valence-corrected chi connectivity index (χ0v) is 19.0. The van der Waals surface area contributed by atoms with E-state index in [-0.39, 0.29) is 23.3 Å². The van der Waals surface area contributed by atoms with Gasteiger partial charge in [0.2, 0.25) is 5.91 Å². The summed E-state index contributed by atoms with van der Waals surface area (Å²) in [5.74, 6) is -1.87. The Bertz CT molecular complexity index is 989. The van der Waals surface area contributed by atoms with Crippen molar-refractivity contribution in [2.45, 2.75) is 25.8 Å². The van der Waals surface area contributed by atoms with Gasteiger partial charge in [-0.15, -0.1) is 0 Å². The molecule has 2 N–H and O–H groups in total. The summed E-state index contributed by atoms with van der Waals surface area (Å²) in [5.41, 5.74) is 1.54. The minimum Gasteiger partial charge on any atom is -0.383 e. The molecule has 0 saturated carbocycles. The third-order valence-electron chi connectivity index (χ3n) is 5.86. The number of hydrogen-bond acceptors (Lipinski definition) is 4. The number of ether oxygens (including phenoxy) is 1. The number of carbonyl (C=O) groups excluding carboxylic acids is 3. The second-order valence-electron chi connectivity index (χ2n) is 8.21. The number of carbonyl (C=O) groups is 3. The van der Waals surface area contributed by atoms with E-state index in [1.165, 1.54) is 25.3 Å². The molecule has 1 unspecified atom stereocenters. The van der Waals surface area contributed by atoms with E-state index in [9.17, 15) is 18.8 Å². The van der Waals surface area contributed by atoms with Crippen LogP contribution in [0.4, 0.5) is 4.39 Å². The molecule has 1 aliphatic heterocycles. The van der Waals surface area contributed by atoms with Gasteiger partial charge in [-0.2, -0.15) is 0 Å². The van der Waals surface area contributed by atoms with E-state index in [0.29, 0.717) is 44.6 Å². The molecule has 3 rings (SSSR count). The molecule has 176 valence electrons. The molecule has 0 bridgehead atoms. The third kappa shape index (κ3) is 6.38. The smallest absolute Gasteiger partial charge is 0.254 e. The molecule has 0 spiro atoms. The van der Waals surface area contributed by atoms with E-state index in [2.05, 4.69) is 10.6 Å². The Morgan fingerprint density at radius 2 is 1.85 bits per heavy atom. The van der Waals surface area contributed by atoms with Gasteiger partial charge >= 0.3 is 0 Å². The molecule has 1 saturated heterocycles. The van der Waals surface area contributed by atoms with Gasteiger partial charge in [-0.1, -0.05) is 29.8 Å². The zero-order chi connectivity index (χ0) is 23.8. The van der Waals surface area contributed by atoms with Crippen molar-refractivity contribution in [3.63, 3.8) is 0 Å². The predicted molar refractivity (Wildman–Crippen MR) is 122 cm³/mol. The lowest BCUT2D eigenvalue weighted by atomic mass is 9.88. The quantitative estimate of drug-likeness (QED) is 0.599. The lowest BCUT2D eigenvalue weighted by Gasteiger charge is -2.36. The molecule has 7 nitrogen and oxygen atoms in total. The highest BCUT2D eigenvalue weighted by atomic mass is 19.1. The molecule has 1 atom stereocenters. The van der Waals surface area contributed by atoms with Gasteiger partial charge in [-0.25, -0.2) is 4.39 Å². The van der Waals surface area contributed by atoms with E-state index in [1.807, 2.05) is 25.1 Å². The Morgan fingerprint density at radius 3 is 2.52 bits per heavy atom. The molecule has 0 aliphatic carbocycles. The number of piperidine rings is 1. The number of amides is 3. The van der Waals surface area contributed by atoms with Crippen molar-refractivity contribution in [3.8, 4) is 0 Å². The van der Waals surface area contributed by atoms with Crippen LogP contribution < -0.4 is 10.6 Å². The highest BCUT2D eigenvalue weighted by Crippen LogP contribution is 2.23.